The maximum absolute atomic E-state index is 10.8. The molecule has 3 rings (SSSR count). The van der Waals surface area contributed by atoms with E-state index in [-0.39, 0.29) is 6.42 Å². The van der Waals surface area contributed by atoms with Gasteiger partial charge in [-0.2, -0.15) is 0 Å². The van der Waals surface area contributed by atoms with Crippen molar-refractivity contribution in [2.24, 2.45) is 0 Å². The van der Waals surface area contributed by atoms with Crippen LogP contribution in [0.4, 0.5) is 0 Å². The van der Waals surface area contributed by atoms with E-state index in [4.69, 9.17) is 9.84 Å². The van der Waals surface area contributed by atoms with Gasteiger partial charge < -0.3 is 9.84 Å². The van der Waals surface area contributed by atoms with Crippen LogP contribution in [0.1, 0.15) is 12.6 Å². The summed E-state index contributed by atoms with van der Waals surface area (Å²) in [5.74, 6) is -0.0340. The van der Waals surface area contributed by atoms with Gasteiger partial charge in [0.15, 0.2) is 4.96 Å². The highest BCUT2D eigenvalue weighted by Crippen LogP contribution is 2.27. The van der Waals surface area contributed by atoms with Crippen LogP contribution in [-0.2, 0) is 11.2 Å². The summed E-state index contributed by atoms with van der Waals surface area (Å²) >= 11 is 1.50. The molecule has 0 saturated heterocycles. The van der Waals surface area contributed by atoms with Gasteiger partial charge in [-0.3, -0.25) is 9.20 Å². The van der Waals surface area contributed by atoms with Crippen molar-refractivity contribution in [1.29, 1.82) is 0 Å². The minimum atomic E-state index is -0.872. The minimum absolute atomic E-state index is 0.0584. The third-order valence-electron chi connectivity index (χ3n) is 3.05. The number of nitrogens with zero attached hydrogens (tertiary/aromatic N) is 2. The Bertz CT molecular complexity index is 774. The number of carboxylic acids is 1. The van der Waals surface area contributed by atoms with Gasteiger partial charge in [-0.1, -0.05) is 0 Å². The Balaban J connectivity index is 1.95. The van der Waals surface area contributed by atoms with Crippen molar-refractivity contribution in [3.8, 4) is 17.0 Å². The molecule has 21 heavy (non-hydrogen) atoms. The van der Waals surface area contributed by atoms with Gasteiger partial charge in [-0.25, -0.2) is 4.98 Å². The lowest BCUT2D eigenvalue weighted by molar-refractivity contribution is -0.136. The van der Waals surface area contributed by atoms with Crippen molar-refractivity contribution in [3.63, 3.8) is 0 Å². The molecule has 0 amide bonds. The second-order valence-electron chi connectivity index (χ2n) is 4.53. The normalized spacial score (nSPS) is 10.9. The van der Waals surface area contributed by atoms with Gasteiger partial charge in [-0.05, 0) is 36.8 Å². The van der Waals surface area contributed by atoms with Gasteiger partial charge in [0.05, 0.1) is 24.4 Å². The molecule has 0 aliphatic heterocycles. The average Bonchev–Trinajstić information content (AvgIpc) is 2.99. The number of ether oxygens (including phenoxy) is 1. The van der Waals surface area contributed by atoms with Crippen molar-refractivity contribution >= 4 is 22.3 Å². The Labute approximate surface area is 125 Å². The largest absolute Gasteiger partial charge is 0.494 e. The molecule has 2 heterocycles. The molecule has 0 aliphatic carbocycles. The molecule has 0 unspecified atom stereocenters. The number of hydrogen-bond donors (Lipinski definition) is 1. The van der Waals surface area contributed by atoms with Crippen LogP contribution in [-0.4, -0.2) is 27.1 Å². The fourth-order valence-electron chi connectivity index (χ4n) is 2.17. The number of rotatable bonds is 5. The molecule has 108 valence electrons. The van der Waals surface area contributed by atoms with E-state index >= 15 is 0 Å². The smallest absolute Gasteiger partial charge is 0.309 e. The maximum atomic E-state index is 10.8. The highest BCUT2D eigenvalue weighted by atomic mass is 32.1. The van der Waals surface area contributed by atoms with Gasteiger partial charge >= 0.3 is 5.97 Å². The summed E-state index contributed by atoms with van der Waals surface area (Å²) in [6.07, 6.45) is 1.73. The predicted octanol–water partition coefficient (Wildman–Crippen LogP) is 3.09. The summed E-state index contributed by atoms with van der Waals surface area (Å²) in [6.45, 7) is 2.59. The zero-order chi connectivity index (χ0) is 14.8. The van der Waals surface area contributed by atoms with Gasteiger partial charge in [0.1, 0.15) is 5.75 Å². The highest BCUT2D eigenvalue weighted by molar-refractivity contribution is 7.15. The molecule has 1 N–H and O–H groups in total. The summed E-state index contributed by atoms with van der Waals surface area (Å²) in [5, 5.41) is 10.9. The number of imidazole rings is 1. The van der Waals surface area contributed by atoms with Crippen molar-refractivity contribution in [3.05, 3.63) is 41.5 Å². The number of fused-ring (bicyclic) bond motifs is 1. The second-order valence-corrected chi connectivity index (χ2v) is 5.37. The molecule has 1 aromatic carbocycles. The van der Waals surface area contributed by atoms with E-state index in [2.05, 4.69) is 4.98 Å². The van der Waals surface area contributed by atoms with E-state index in [0.29, 0.717) is 12.3 Å². The molecular weight excluding hydrogens is 288 g/mol. The SMILES string of the molecule is CCOc1ccc(-c2csc3nc(CC(=O)O)cn23)cc1. The van der Waals surface area contributed by atoms with Crippen molar-refractivity contribution in [2.75, 3.05) is 6.61 Å². The first-order valence-electron chi connectivity index (χ1n) is 6.58. The predicted molar refractivity (Wildman–Crippen MR) is 81.0 cm³/mol. The van der Waals surface area contributed by atoms with Crippen molar-refractivity contribution in [1.82, 2.24) is 9.38 Å². The van der Waals surface area contributed by atoms with Crippen LogP contribution < -0.4 is 4.74 Å². The van der Waals surface area contributed by atoms with E-state index in [1.165, 1.54) is 11.3 Å². The lowest BCUT2D eigenvalue weighted by Gasteiger charge is -2.04. The molecule has 0 bridgehead atoms. The molecule has 0 spiro atoms. The van der Waals surface area contributed by atoms with Gasteiger partial charge in [0.2, 0.25) is 0 Å². The van der Waals surface area contributed by atoms with Gasteiger partial charge in [0, 0.05) is 11.6 Å². The van der Waals surface area contributed by atoms with Gasteiger partial charge in [0.25, 0.3) is 0 Å². The number of carbonyl (C=O) groups is 1. The summed E-state index contributed by atoms with van der Waals surface area (Å²) in [5.41, 5.74) is 2.62. The molecule has 0 atom stereocenters. The first kappa shape index (κ1) is 13.6. The number of thiazole rings is 1. The zero-order valence-corrected chi connectivity index (χ0v) is 12.3. The standard InChI is InChI=1S/C15H14N2O3S/c1-2-20-12-5-3-10(4-6-12)13-9-21-15-16-11(7-14(18)19)8-17(13)15/h3-6,8-9H,2,7H2,1H3,(H,18,19). The Morgan fingerprint density at radius 3 is 2.81 bits per heavy atom. The molecule has 6 heteroatoms. The first-order valence-corrected chi connectivity index (χ1v) is 7.46. The fraction of sp³-hybridized carbons (Fsp3) is 0.200. The Morgan fingerprint density at radius 2 is 2.14 bits per heavy atom. The second kappa shape index (κ2) is 5.57. The van der Waals surface area contributed by atoms with Crippen LogP contribution in [0, 0.1) is 0 Å². The molecule has 0 saturated carbocycles. The van der Waals surface area contributed by atoms with Crippen LogP contribution in [0.3, 0.4) is 0 Å². The zero-order valence-electron chi connectivity index (χ0n) is 11.4. The van der Waals surface area contributed by atoms with Crippen molar-refractivity contribution < 1.29 is 14.6 Å². The molecule has 2 aromatic heterocycles. The van der Waals surface area contributed by atoms with Gasteiger partial charge in [-0.15, -0.1) is 11.3 Å². The Hall–Kier alpha value is -2.34. The molecule has 5 nitrogen and oxygen atoms in total. The third-order valence-corrected chi connectivity index (χ3v) is 3.89. The Morgan fingerprint density at radius 1 is 1.38 bits per heavy atom. The van der Waals surface area contributed by atoms with E-state index in [0.717, 1.165) is 22.0 Å². The molecule has 0 aliphatic rings. The summed E-state index contributed by atoms with van der Waals surface area (Å²) in [4.78, 5) is 15.9. The van der Waals surface area contributed by atoms with E-state index in [1.807, 2.05) is 41.0 Å². The number of benzene rings is 1. The molecular formula is C15H14N2O3S. The van der Waals surface area contributed by atoms with Crippen LogP contribution in [0.15, 0.2) is 35.8 Å². The third kappa shape index (κ3) is 2.75. The van der Waals surface area contributed by atoms with Crippen LogP contribution >= 0.6 is 11.3 Å². The highest BCUT2D eigenvalue weighted by Gasteiger charge is 2.11. The topological polar surface area (TPSA) is 63.8 Å². The molecule has 0 radical (unpaired) electrons. The lowest BCUT2D eigenvalue weighted by atomic mass is 10.1. The summed E-state index contributed by atoms with van der Waals surface area (Å²) in [7, 11) is 0. The fourth-order valence-corrected chi connectivity index (χ4v) is 3.07. The first-order chi connectivity index (χ1) is 10.2. The average molecular weight is 302 g/mol. The minimum Gasteiger partial charge on any atom is -0.494 e. The lowest BCUT2D eigenvalue weighted by Crippen LogP contribution is -1.99. The van der Waals surface area contributed by atoms with E-state index in [9.17, 15) is 4.79 Å². The monoisotopic (exact) mass is 302 g/mol. The van der Waals surface area contributed by atoms with E-state index < -0.39 is 5.97 Å². The quantitative estimate of drug-likeness (QED) is 0.786. The Kier molecular flexibility index (Phi) is 3.62. The van der Waals surface area contributed by atoms with Crippen LogP contribution in [0.5, 0.6) is 5.75 Å². The number of aromatic nitrogens is 2. The summed E-state index contributed by atoms with van der Waals surface area (Å²) in [6, 6.07) is 7.83. The number of aliphatic carboxylic acids is 1. The summed E-state index contributed by atoms with van der Waals surface area (Å²) < 4.78 is 7.36. The maximum Gasteiger partial charge on any atom is 0.309 e. The van der Waals surface area contributed by atoms with E-state index in [1.54, 1.807) is 6.20 Å². The van der Waals surface area contributed by atoms with Crippen LogP contribution in [0.2, 0.25) is 0 Å². The van der Waals surface area contributed by atoms with Crippen molar-refractivity contribution in [2.45, 2.75) is 13.3 Å². The van der Waals surface area contributed by atoms with Crippen LogP contribution in [0.25, 0.3) is 16.2 Å². The number of carboxylic acid groups (broad SMARTS) is 1. The number of hydrogen-bond acceptors (Lipinski definition) is 4. The molecule has 3 aromatic rings. The molecule has 0 fully saturated rings.